The molecule has 0 N–H and O–H groups in total. The Morgan fingerprint density at radius 3 is 1.94 bits per heavy atom. The summed E-state index contributed by atoms with van der Waals surface area (Å²) < 4.78 is 10.7. The number of benzene rings is 7. The fourth-order valence-electron chi connectivity index (χ4n) is 7.43. The van der Waals surface area contributed by atoms with E-state index >= 15 is 0 Å². The second kappa shape index (κ2) is 10.6. The van der Waals surface area contributed by atoms with Gasteiger partial charge in [-0.3, -0.25) is 0 Å². The molecule has 0 aliphatic carbocycles. The first-order chi connectivity index (χ1) is 23.8. The predicted octanol–water partition coefficient (Wildman–Crippen LogP) is 11.9. The Bertz CT molecular complexity index is 2780. The first-order valence-corrected chi connectivity index (χ1v) is 16.5. The average Bonchev–Trinajstić information content (AvgIpc) is 3.83. The molecular weight excluding hydrogens is 585 g/mol. The molecule has 0 saturated carbocycles. The van der Waals surface area contributed by atoms with Gasteiger partial charge in [-0.15, -0.1) is 0 Å². The molecule has 0 saturated heterocycles. The van der Waals surface area contributed by atoms with Gasteiger partial charge in [0, 0.05) is 44.5 Å². The largest absolute Gasteiger partial charge is 0.456 e. The summed E-state index contributed by atoms with van der Waals surface area (Å²) in [6, 6.07) is 59.0. The van der Waals surface area contributed by atoms with Gasteiger partial charge in [0.2, 0.25) is 0 Å². The average molecular weight is 615 g/mol. The second-order valence-electron chi connectivity index (χ2n) is 12.7. The highest BCUT2D eigenvalue weighted by atomic mass is 16.3. The van der Waals surface area contributed by atoms with Gasteiger partial charge in [-0.1, -0.05) is 91.0 Å². The van der Waals surface area contributed by atoms with Gasteiger partial charge >= 0.3 is 0 Å². The number of aromatic nitrogens is 2. The standard InChI is InChI=1S/C45H30N2O/c1-3-9-35(10-4-1)46-24-23-34-28-43-39(29-42(34)46)38-27-33(20-21-41(38)47(43)36-11-5-2-6-12-36)32-18-15-30(16-19-32)25-31-17-22-45-40(26-31)37-13-7-8-14-44(37)48-45/h1-24,26-29H,25H2. The van der Waals surface area contributed by atoms with E-state index in [0.29, 0.717) is 0 Å². The van der Waals surface area contributed by atoms with E-state index in [2.05, 4.69) is 167 Å². The summed E-state index contributed by atoms with van der Waals surface area (Å²) in [7, 11) is 0. The summed E-state index contributed by atoms with van der Waals surface area (Å²) in [5.74, 6) is 0. The molecule has 226 valence electrons. The van der Waals surface area contributed by atoms with Crippen LogP contribution in [0, 0.1) is 0 Å². The van der Waals surface area contributed by atoms with Crippen LogP contribution in [0.5, 0.6) is 0 Å². The molecule has 0 fully saturated rings. The summed E-state index contributed by atoms with van der Waals surface area (Å²) in [6.07, 6.45) is 3.05. The lowest BCUT2D eigenvalue weighted by molar-refractivity contribution is 0.669. The third-order valence-corrected chi connectivity index (χ3v) is 9.76. The van der Waals surface area contributed by atoms with E-state index in [1.807, 2.05) is 12.1 Å². The topological polar surface area (TPSA) is 23.0 Å². The van der Waals surface area contributed by atoms with Gasteiger partial charge in [0.1, 0.15) is 11.2 Å². The van der Waals surface area contributed by atoms with Crippen molar-refractivity contribution in [2.75, 3.05) is 0 Å². The third-order valence-electron chi connectivity index (χ3n) is 9.76. The Balaban J connectivity index is 1.06. The quantitative estimate of drug-likeness (QED) is 0.189. The van der Waals surface area contributed by atoms with Crippen molar-refractivity contribution in [1.29, 1.82) is 0 Å². The van der Waals surface area contributed by atoms with Crippen molar-refractivity contribution in [1.82, 2.24) is 9.13 Å². The van der Waals surface area contributed by atoms with E-state index in [1.165, 1.54) is 65.7 Å². The van der Waals surface area contributed by atoms with Crippen LogP contribution in [0.1, 0.15) is 11.1 Å². The molecule has 3 heteroatoms. The van der Waals surface area contributed by atoms with Crippen LogP contribution in [0.15, 0.2) is 174 Å². The Morgan fingerprint density at radius 2 is 1.10 bits per heavy atom. The SMILES string of the molecule is c1ccc(-n2ccc3cc4c(cc32)c2cc(-c3ccc(Cc5ccc6oc7ccccc7c6c5)cc3)ccc2n4-c2ccccc2)cc1. The molecule has 0 amide bonds. The summed E-state index contributed by atoms with van der Waals surface area (Å²) in [6.45, 7) is 0. The van der Waals surface area contributed by atoms with Crippen molar-refractivity contribution in [3.8, 4) is 22.5 Å². The molecule has 0 aliphatic rings. The second-order valence-corrected chi connectivity index (χ2v) is 12.7. The van der Waals surface area contributed by atoms with Crippen molar-refractivity contribution in [3.63, 3.8) is 0 Å². The molecule has 0 unspecified atom stereocenters. The zero-order valence-corrected chi connectivity index (χ0v) is 26.2. The first kappa shape index (κ1) is 26.9. The summed E-state index contributed by atoms with van der Waals surface area (Å²) in [4.78, 5) is 0. The fourth-order valence-corrected chi connectivity index (χ4v) is 7.43. The number of para-hydroxylation sites is 3. The van der Waals surface area contributed by atoms with Gasteiger partial charge in [0.25, 0.3) is 0 Å². The van der Waals surface area contributed by atoms with E-state index in [1.54, 1.807) is 0 Å². The van der Waals surface area contributed by atoms with Gasteiger partial charge < -0.3 is 13.6 Å². The van der Waals surface area contributed by atoms with E-state index in [9.17, 15) is 0 Å². The monoisotopic (exact) mass is 614 g/mol. The fraction of sp³-hybridized carbons (Fsp3) is 0.0222. The molecule has 0 radical (unpaired) electrons. The van der Waals surface area contributed by atoms with Crippen LogP contribution in [-0.4, -0.2) is 9.13 Å². The summed E-state index contributed by atoms with van der Waals surface area (Å²) in [5.41, 5.74) is 12.8. The van der Waals surface area contributed by atoms with Gasteiger partial charge in [0.15, 0.2) is 0 Å². The molecule has 7 aromatic carbocycles. The predicted molar refractivity (Wildman–Crippen MR) is 200 cm³/mol. The normalized spacial score (nSPS) is 11.8. The zero-order valence-electron chi connectivity index (χ0n) is 26.2. The van der Waals surface area contributed by atoms with Crippen LogP contribution in [0.2, 0.25) is 0 Å². The Labute approximate surface area is 277 Å². The van der Waals surface area contributed by atoms with Gasteiger partial charge in [-0.2, -0.15) is 0 Å². The smallest absolute Gasteiger partial charge is 0.135 e. The maximum atomic E-state index is 6.05. The number of hydrogen-bond donors (Lipinski definition) is 0. The van der Waals surface area contributed by atoms with Crippen molar-refractivity contribution < 1.29 is 4.42 Å². The lowest BCUT2D eigenvalue weighted by Gasteiger charge is -2.09. The van der Waals surface area contributed by atoms with Crippen LogP contribution in [-0.2, 0) is 6.42 Å². The number of furan rings is 1. The number of rotatable bonds is 5. The first-order valence-electron chi connectivity index (χ1n) is 16.5. The minimum Gasteiger partial charge on any atom is -0.456 e. The molecule has 0 atom stereocenters. The lowest BCUT2D eigenvalue weighted by Crippen LogP contribution is -1.93. The van der Waals surface area contributed by atoms with Crippen molar-refractivity contribution >= 4 is 54.6 Å². The van der Waals surface area contributed by atoms with Crippen molar-refractivity contribution in [3.05, 3.63) is 181 Å². The van der Waals surface area contributed by atoms with Gasteiger partial charge in [-0.05, 0) is 101 Å². The van der Waals surface area contributed by atoms with Gasteiger partial charge in [-0.25, -0.2) is 0 Å². The summed E-state index contributed by atoms with van der Waals surface area (Å²) in [5, 5.41) is 6.07. The molecule has 0 bridgehead atoms. The Kier molecular flexibility index (Phi) is 5.94. The van der Waals surface area contributed by atoms with Gasteiger partial charge in [0.05, 0.1) is 16.6 Å². The van der Waals surface area contributed by atoms with Crippen LogP contribution in [0.25, 0.3) is 77.1 Å². The molecule has 3 aromatic heterocycles. The maximum absolute atomic E-state index is 6.05. The third kappa shape index (κ3) is 4.29. The van der Waals surface area contributed by atoms with E-state index < -0.39 is 0 Å². The molecular formula is C45H30N2O. The molecule has 0 aliphatic heterocycles. The van der Waals surface area contributed by atoms with Crippen LogP contribution >= 0.6 is 0 Å². The van der Waals surface area contributed by atoms with Crippen molar-refractivity contribution in [2.45, 2.75) is 6.42 Å². The highest BCUT2D eigenvalue weighted by Crippen LogP contribution is 2.38. The van der Waals surface area contributed by atoms with E-state index in [-0.39, 0.29) is 0 Å². The van der Waals surface area contributed by atoms with E-state index in [0.717, 1.165) is 29.0 Å². The Morgan fingerprint density at radius 1 is 0.417 bits per heavy atom. The summed E-state index contributed by atoms with van der Waals surface area (Å²) >= 11 is 0. The molecule has 0 spiro atoms. The van der Waals surface area contributed by atoms with Crippen molar-refractivity contribution in [2.24, 2.45) is 0 Å². The lowest BCUT2D eigenvalue weighted by atomic mass is 9.98. The molecule has 48 heavy (non-hydrogen) atoms. The molecule has 3 heterocycles. The van der Waals surface area contributed by atoms with Crippen LogP contribution < -0.4 is 0 Å². The number of fused-ring (bicyclic) bond motifs is 7. The number of hydrogen-bond acceptors (Lipinski definition) is 1. The molecule has 10 aromatic rings. The van der Waals surface area contributed by atoms with Crippen LogP contribution in [0.4, 0.5) is 0 Å². The highest BCUT2D eigenvalue weighted by molar-refractivity contribution is 6.14. The zero-order chi connectivity index (χ0) is 31.6. The highest BCUT2D eigenvalue weighted by Gasteiger charge is 2.16. The number of nitrogens with zero attached hydrogens (tertiary/aromatic N) is 2. The van der Waals surface area contributed by atoms with E-state index in [4.69, 9.17) is 4.42 Å². The minimum atomic E-state index is 0.871. The maximum Gasteiger partial charge on any atom is 0.135 e. The molecule has 3 nitrogen and oxygen atoms in total. The van der Waals surface area contributed by atoms with Crippen LogP contribution in [0.3, 0.4) is 0 Å². The minimum absolute atomic E-state index is 0.871. The molecule has 10 rings (SSSR count). The Hall–Kier alpha value is -6.32.